The number of fused-ring (bicyclic) bond motifs is 1. The van der Waals surface area contributed by atoms with Crippen molar-refractivity contribution in [2.24, 2.45) is 0 Å². The second kappa shape index (κ2) is 8.00. The minimum Gasteiger partial charge on any atom is -0.391 e. The van der Waals surface area contributed by atoms with Gasteiger partial charge >= 0.3 is 0 Å². The van der Waals surface area contributed by atoms with E-state index in [1.165, 1.54) is 30.2 Å². The van der Waals surface area contributed by atoms with Gasteiger partial charge in [0.15, 0.2) is 15.0 Å². The van der Waals surface area contributed by atoms with Crippen LogP contribution in [-0.4, -0.2) is 45.9 Å². The summed E-state index contributed by atoms with van der Waals surface area (Å²) in [6.07, 6.45) is 6.68. The number of allylic oxidation sites excluding steroid dienone is 2. The van der Waals surface area contributed by atoms with E-state index in [4.69, 9.17) is 0 Å². The quantitative estimate of drug-likeness (QED) is 0.591. The van der Waals surface area contributed by atoms with Crippen molar-refractivity contribution in [2.45, 2.75) is 55.2 Å². The van der Waals surface area contributed by atoms with Gasteiger partial charge in [-0.1, -0.05) is 35.5 Å². The van der Waals surface area contributed by atoms with Crippen LogP contribution >= 0.6 is 11.8 Å². The zero-order valence-electron chi connectivity index (χ0n) is 15.6. The van der Waals surface area contributed by atoms with Gasteiger partial charge in [0.05, 0.1) is 33.8 Å². The Hall–Kier alpha value is -1.64. The van der Waals surface area contributed by atoms with Crippen molar-refractivity contribution in [3.63, 3.8) is 0 Å². The molecular formula is C20H24N2O4S2. The van der Waals surface area contributed by atoms with E-state index in [1.807, 2.05) is 12.1 Å². The van der Waals surface area contributed by atoms with E-state index in [1.54, 1.807) is 16.7 Å². The number of aromatic nitrogens is 2. The van der Waals surface area contributed by atoms with E-state index in [-0.39, 0.29) is 17.1 Å². The molecule has 1 aromatic heterocycles. The van der Waals surface area contributed by atoms with Crippen molar-refractivity contribution in [3.05, 3.63) is 46.3 Å². The maximum atomic E-state index is 13.1. The van der Waals surface area contributed by atoms with E-state index < -0.39 is 21.2 Å². The highest BCUT2D eigenvalue weighted by atomic mass is 32.2. The lowest BCUT2D eigenvalue weighted by Gasteiger charge is -2.18. The van der Waals surface area contributed by atoms with E-state index in [0.29, 0.717) is 22.6 Å². The lowest BCUT2D eigenvalue weighted by molar-refractivity contribution is 0.207. The third kappa shape index (κ3) is 4.18. The van der Waals surface area contributed by atoms with Crippen LogP contribution in [0.25, 0.3) is 10.9 Å². The van der Waals surface area contributed by atoms with Gasteiger partial charge in [-0.2, -0.15) is 0 Å². The summed E-state index contributed by atoms with van der Waals surface area (Å²) in [4.78, 5) is 17.8. The number of aliphatic hydroxyl groups is 1. The van der Waals surface area contributed by atoms with Gasteiger partial charge < -0.3 is 5.11 Å². The third-order valence-electron chi connectivity index (χ3n) is 5.40. The fourth-order valence-electron chi connectivity index (χ4n) is 3.87. The van der Waals surface area contributed by atoms with Gasteiger partial charge in [0.2, 0.25) is 0 Å². The van der Waals surface area contributed by atoms with Crippen LogP contribution in [0.5, 0.6) is 0 Å². The fourth-order valence-corrected chi connectivity index (χ4v) is 7.47. The lowest BCUT2D eigenvalue weighted by atomic mass is 9.97. The van der Waals surface area contributed by atoms with Crippen LogP contribution < -0.4 is 5.56 Å². The van der Waals surface area contributed by atoms with Crippen LogP contribution in [0.4, 0.5) is 0 Å². The van der Waals surface area contributed by atoms with Crippen LogP contribution in [0.15, 0.2) is 45.9 Å². The Kier molecular flexibility index (Phi) is 5.62. The molecule has 28 heavy (non-hydrogen) atoms. The number of rotatable bonds is 5. The third-order valence-corrected chi connectivity index (χ3v) is 8.63. The van der Waals surface area contributed by atoms with Gasteiger partial charge in [0, 0.05) is 6.54 Å². The SMILES string of the molecule is O=c1c2ccccc2nc(S[C@@H]2CS(=O)(=O)C[C@H]2O)n1CCC1=CCCCC1. The number of thioether (sulfide) groups is 1. The van der Waals surface area contributed by atoms with Crippen molar-refractivity contribution < 1.29 is 13.5 Å². The number of hydrogen-bond donors (Lipinski definition) is 1. The maximum Gasteiger partial charge on any atom is 0.262 e. The van der Waals surface area contributed by atoms with Crippen LogP contribution in [0.3, 0.4) is 0 Å². The highest BCUT2D eigenvalue weighted by Gasteiger charge is 2.38. The molecule has 0 radical (unpaired) electrons. The van der Waals surface area contributed by atoms with Crippen molar-refractivity contribution in [1.29, 1.82) is 0 Å². The molecule has 2 aromatic rings. The summed E-state index contributed by atoms with van der Waals surface area (Å²) in [5.74, 6) is -0.317. The molecule has 1 aliphatic carbocycles. The van der Waals surface area contributed by atoms with Crippen molar-refractivity contribution >= 4 is 32.5 Å². The van der Waals surface area contributed by atoms with E-state index in [0.717, 1.165) is 19.3 Å². The van der Waals surface area contributed by atoms with Gasteiger partial charge in [-0.3, -0.25) is 9.36 Å². The zero-order chi connectivity index (χ0) is 19.7. The van der Waals surface area contributed by atoms with Gasteiger partial charge in [-0.25, -0.2) is 13.4 Å². The Balaban J connectivity index is 1.68. The average molecular weight is 421 g/mol. The zero-order valence-corrected chi connectivity index (χ0v) is 17.2. The molecule has 0 spiro atoms. The lowest BCUT2D eigenvalue weighted by Crippen LogP contribution is -2.27. The van der Waals surface area contributed by atoms with E-state index >= 15 is 0 Å². The summed E-state index contributed by atoms with van der Waals surface area (Å²) in [5.41, 5.74) is 1.85. The first-order chi connectivity index (χ1) is 13.4. The summed E-state index contributed by atoms with van der Waals surface area (Å²) in [7, 11) is -3.25. The molecule has 1 fully saturated rings. The number of aliphatic hydroxyl groups excluding tert-OH is 1. The van der Waals surface area contributed by atoms with Crippen LogP contribution in [0, 0.1) is 0 Å². The standard InChI is InChI=1S/C20H24N2O4S2/c23-17-12-28(25,26)13-18(17)27-20-21-16-9-5-4-8-15(16)19(24)22(20)11-10-14-6-2-1-3-7-14/h4-6,8-9,17-18,23H,1-3,7,10-13H2/t17-,18-/m1/s1. The molecule has 1 aromatic carbocycles. The summed E-state index contributed by atoms with van der Waals surface area (Å²) in [5, 5.41) is 10.7. The Morgan fingerprint density at radius 2 is 2.04 bits per heavy atom. The molecule has 1 aliphatic heterocycles. The number of para-hydroxylation sites is 1. The predicted molar refractivity (Wildman–Crippen MR) is 111 cm³/mol. The minimum atomic E-state index is -3.25. The molecule has 0 amide bonds. The van der Waals surface area contributed by atoms with Gasteiger partial charge in [0.1, 0.15) is 0 Å². The van der Waals surface area contributed by atoms with Crippen LogP contribution in [0.2, 0.25) is 0 Å². The van der Waals surface area contributed by atoms with Crippen molar-refractivity contribution in [2.75, 3.05) is 11.5 Å². The van der Waals surface area contributed by atoms with Gasteiger partial charge in [-0.05, 0) is 44.2 Å². The Labute approximate surface area is 168 Å². The number of benzene rings is 1. The molecule has 1 N–H and O–H groups in total. The monoisotopic (exact) mass is 420 g/mol. The smallest absolute Gasteiger partial charge is 0.262 e. The van der Waals surface area contributed by atoms with Crippen LogP contribution in [0.1, 0.15) is 32.1 Å². The molecule has 4 rings (SSSR count). The molecule has 8 heteroatoms. The summed E-state index contributed by atoms with van der Waals surface area (Å²) < 4.78 is 25.4. The van der Waals surface area contributed by atoms with Gasteiger partial charge in [-0.15, -0.1) is 0 Å². The van der Waals surface area contributed by atoms with Crippen LogP contribution in [-0.2, 0) is 16.4 Å². The molecule has 0 unspecified atom stereocenters. The predicted octanol–water partition coefficient (Wildman–Crippen LogP) is 2.54. The summed E-state index contributed by atoms with van der Waals surface area (Å²) in [6, 6.07) is 7.20. The van der Waals surface area contributed by atoms with E-state index in [9.17, 15) is 18.3 Å². The summed E-state index contributed by atoms with van der Waals surface area (Å²) >= 11 is 1.21. The highest BCUT2D eigenvalue weighted by Crippen LogP contribution is 2.31. The van der Waals surface area contributed by atoms with E-state index in [2.05, 4.69) is 11.1 Å². The second-order valence-corrected chi connectivity index (χ2v) is 10.9. The second-order valence-electron chi connectivity index (χ2n) is 7.53. The van der Waals surface area contributed by atoms with Crippen molar-refractivity contribution in [1.82, 2.24) is 9.55 Å². The fraction of sp³-hybridized carbons (Fsp3) is 0.500. The summed E-state index contributed by atoms with van der Waals surface area (Å²) in [6.45, 7) is 0.514. The molecule has 1 saturated heterocycles. The first-order valence-electron chi connectivity index (χ1n) is 9.65. The highest BCUT2D eigenvalue weighted by molar-refractivity contribution is 8.01. The topological polar surface area (TPSA) is 89.3 Å². The first-order valence-corrected chi connectivity index (χ1v) is 12.4. The molecule has 0 bridgehead atoms. The van der Waals surface area contributed by atoms with Crippen molar-refractivity contribution in [3.8, 4) is 0 Å². The Morgan fingerprint density at radius 1 is 1.21 bits per heavy atom. The molecular weight excluding hydrogens is 396 g/mol. The molecule has 2 aliphatic rings. The Morgan fingerprint density at radius 3 is 2.75 bits per heavy atom. The number of sulfone groups is 1. The molecule has 2 heterocycles. The molecule has 2 atom stereocenters. The Bertz CT molecular complexity index is 1080. The minimum absolute atomic E-state index is 0.0906. The molecule has 6 nitrogen and oxygen atoms in total. The largest absolute Gasteiger partial charge is 0.391 e. The maximum absolute atomic E-state index is 13.1. The number of nitrogens with zero attached hydrogens (tertiary/aromatic N) is 2. The van der Waals surface area contributed by atoms with Gasteiger partial charge in [0.25, 0.3) is 5.56 Å². The molecule has 0 saturated carbocycles. The first kappa shape index (κ1) is 19.7. The number of hydrogen-bond acceptors (Lipinski definition) is 6. The average Bonchev–Trinajstić information content (AvgIpc) is 2.93. The molecule has 150 valence electrons. The normalized spacial score (nSPS) is 24.4.